The molecule has 184 valence electrons. The summed E-state index contributed by atoms with van der Waals surface area (Å²) in [6.07, 6.45) is 10.1. The first-order valence-corrected chi connectivity index (χ1v) is 13.6. The zero-order valence-corrected chi connectivity index (χ0v) is 21.3. The van der Waals surface area contributed by atoms with Crippen LogP contribution in [-0.2, 0) is 11.2 Å². The van der Waals surface area contributed by atoms with Crippen molar-refractivity contribution in [3.8, 4) is 11.1 Å². The van der Waals surface area contributed by atoms with Crippen molar-refractivity contribution >= 4 is 46.6 Å². The maximum atomic E-state index is 13.2. The molecule has 0 aliphatic carbocycles. The van der Waals surface area contributed by atoms with Gasteiger partial charge in [-0.3, -0.25) is 4.79 Å². The minimum absolute atomic E-state index is 0.352. The summed E-state index contributed by atoms with van der Waals surface area (Å²) in [7, 11) is 0. The number of hydrogen-bond donors (Lipinski definition) is 3. The third-order valence-electron chi connectivity index (χ3n) is 5.50. The Labute approximate surface area is 217 Å². The summed E-state index contributed by atoms with van der Waals surface area (Å²) in [5.74, 6) is -0.00934. The topological polar surface area (TPSA) is 108 Å². The summed E-state index contributed by atoms with van der Waals surface area (Å²) in [6, 6.07) is 14.4. The highest BCUT2D eigenvalue weighted by Crippen LogP contribution is 2.28. The van der Waals surface area contributed by atoms with Crippen molar-refractivity contribution < 1.29 is 14.7 Å². The Kier molecular flexibility index (Phi) is 8.70. The molecule has 4 rings (SSSR count). The predicted molar refractivity (Wildman–Crippen MR) is 146 cm³/mol. The molecule has 2 aromatic heterocycles. The van der Waals surface area contributed by atoms with Crippen LogP contribution in [0.15, 0.2) is 72.5 Å². The molecule has 36 heavy (non-hydrogen) atoms. The number of carboxylic acids is 1. The molecule has 2 aromatic carbocycles. The molecule has 0 spiro atoms. The van der Waals surface area contributed by atoms with Crippen molar-refractivity contribution in [2.75, 3.05) is 12.0 Å². The number of aliphatic carboxylic acids is 1. The Balaban J connectivity index is 1.74. The highest BCUT2D eigenvalue weighted by molar-refractivity contribution is 7.98. The number of carbonyl (C=O) groups is 2. The van der Waals surface area contributed by atoms with Crippen LogP contribution in [0.1, 0.15) is 33.2 Å². The van der Waals surface area contributed by atoms with Gasteiger partial charge in [-0.15, -0.1) is 11.3 Å². The summed E-state index contributed by atoms with van der Waals surface area (Å²) in [5, 5.41) is 15.1. The standard InChI is InChI=1S/C27H26N4O3S2/c1-35-11-7-23(27(33)34)31-25(32)21-14-18(13-20(16-21)19-5-3-2-4-6-19)15-22(26-30-10-12-36-26)17-24-28-8-9-29-24/h2-6,8-10,12-16,23H,7,11,17H2,1H3,(H,28,29)(H,31,32)(H,33,34)/b22-15-/t23-/m0/s1. The second kappa shape index (κ2) is 12.3. The molecule has 0 saturated carbocycles. The van der Waals surface area contributed by atoms with Crippen LogP contribution in [-0.4, -0.2) is 50.0 Å². The summed E-state index contributed by atoms with van der Waals surface area (Å²) in [6.45, 7) is 0. The molecule has 0 aliphatic rings. The number of allylic oxidation sites excluding steroid dienone is 1. The minimum atomic E-state index is -1.04. The number of rotatable bonds is 11. The number of hydrogen-bond acceptors (Lipinski definition) is 6. The smallest absolute Gasteiger partial charge is 0.326 e. The number of nitrogens with one attached hydrogen (secondary N) is 2. The average molecular weight is 519 g/mol. The number of nitrogens with zero attached hydrogens (tertiary/aromatic N) is 2. The number of carboxylic acid groups (broad SMARTS) is 1. The van der Waals surface area contributed by atoms with Gasteiger partial charge in [0.2, 0.25) is 0 Å². The molecule has 0 radical (unpaired) electrons. The van der Waals surface area contributed by atoms with Crippen LogP contribution in [0, 0.1) is 0 Å². The maximum absolute atomic E-state index is 13.2. The molecular weight excluding hydrogens is 492 g/mol. The minimum Gasteiger partial charge on any atom is -0.480 e. The van der Waals surface area contributed by atoms with Crippen molar-refractivity contribution in [2.45, 2.75) is 18.9 Å². The number of benzene rings is 2. The van der Waals surface area contributed by atoms with Gasteiger partial charge in [0.1, 0.15) is 16.9 Å². The van der Waals surface area contributed by atoms with Crippen molar-refractivity contribution in [3.63, 3.8) is 0 Å². The Morgan fingerprint density at radius 3 is 2.64 bits per heavy atom. The third-order valence-corrected chi connectivity index (χ3v) is 6.99. The van der Waals surface area contributed by atoms with Crippen molar-refractivity contribution in [3.05, 3.63) is 94.5 Å². The number of H-pyrrole nitrogens is 1. The van der Waals surface area contributed by atoms with E-state index >= 15 is 0 Å². The second-order valence-corrected chi connectivity index (χ2v) is 9.96. The quantitative estimate of drug-likeness (QED) is 0.250. The average Bonchev–Trinajstić information content (AvgIpc) is 3.61. The molecule has 2 heterocycles. The van der Waals surface area contributed by atoms with Crippen molar-refractivity contribution in [1.29, 1.82) is 0 Å². The normalized spacial score (nSPS) is 12.3. The Hall–Kier alpha value is -3.69. The number of imidazole rings is 1. The lowest BCUT2D eigenvalue weighted by Gasteiger charge is -2.15. The molecular formula is C27H26N4O3S2. The number of aromatic nitrogens is 3. The Bertz CT molecular complexity index is 1320. The third kappa shape index (κ3) is 6.71. The summed E-state index contributed by atoms with van der Waals surface area (Å²) in [4.78, 5) is 36.9. The SMILES string of the molecule is CSCC[C@H](NC(=O)c1cc(/C=C(/Cc2ncc[nH]2)c2nccs2)cc(-c2ccccc2)c1)C(=O)O. The number of amides is 1. The van der Waals surface area contributed by atoms with E-state index in [9.17, 15) is 14.7 Å². The lowest BCUT2D eigenvalue weighted by molar-refractivity contribution is -0.139. The van der Waals surface area contributed by atoms with Gasteiger partial charge in [0.05, 0.1) is 0 Å². The monoisotopic (exact) mass is 518 g/mol. The van der Waals surface area contributed by atoms with Crippen LogP contribution in [0.5, 0.6) is 0 Å². The zero-order valence-electron chi connectivity index (χ0n) is 19.7. The van der Waals surface area contributed by atoms with E-state index in [1.165, 1.54) is 11.3 Å². The molecule has 0 fully saturated rings. The van der Waals surface area contributed by atoms with E-state index in [4.69, 9.17) is 0 Å². The van der Waals surface area contributed by atoms with Gasteiger partial charge in [-0.25, -0.2) is 14.8 Å². The van der Waals surface area contributed by atoms with E-state index in [2.05, 4.69) is 20.3 Å². The van der Waals surface area contributed by atoms with Gasteiger partial charge in [-0.1, -0.05) is 30.3 Å². The molecule has 0 bridgehead atoms. The highest BCUT2D eigenvalue weighted by Gasteiger charge is 2.21. The summed E-state index contributed by atoms with van der Waals surface area (Å²) in [5.41, 5.74) is 3.99. The number of aromatic amines is 1. The molecule has 7 nitrogen and oxygen atoms in total. The van der Waals surface area contributed by atoms with Gasteiger partial charge in [-0.2, -0.15) is 11.8 Å². The fraction of sp³-hybridized carbons (Fsp3) is 0.185. The fourth-order valence-electron chi connectivity index (χ4n) is 3.74. The van der Waals surface area contributed by atoms with Crippen LogP contribution < -0.4 is 5.32 Å². The molecule has 1 atom stereocenters. The van der Waals surface area contributed by atoms with Crippen LogP contribution in [0.4, 0.5) is 0 Å². The lowest BCUT2D eigenvalue weighted by Crippen LogP contribution is -2.41. The summed E-state index contributed by atoms with van der Waals surface area (Å²) >= 11 is 3.08. The van der Waals surface area contributed by atoms with Gasteiger partial charge in [0.15, 0.2) is 0 Å². The lowest BCUT2D eigenvalue weighted by atomic mass is 9.97. The molecule has 0 saturated heterocycles. The van der Waals surface area contributed by atoms with Gasteiger partial charge >= 0.3 is 5.97 Å². The van der Waals surface area contributed by atoms with E-state index in [1.54, 1.807) is 42.5 Å². The Morgan fingerprint density at radius 1 is 1.14 bits per heavy atom. The van der Waals surface area contributed by atoms with Crippen LogP contribution in [0.25, 0.3) is 22.8 Å². The van der Waals surface area contributed by atoms with Crippen LogP contribution in [0.3, 0.4) is 0 Å². The van der Waals surface area contributed by atoms with E-state index in [-0.39, 0.29) is 0 Å². The first kappa shape index (κ1) is 25.4. The molecule has 0 unspecified atom stereocenters. The number of thioether (sulfide) groups is 1. The van der Waals surface area contributed by atoms with Crippen molar-refractivity contribution in [1.82, 2.24) is 20.3 Å². The molecule has 9 heteroatoms. The van der Waals surface area contributed by atoms with E-state index in [0.29, 0.717) is 24.2 Å². The largest absolute Gasteiger partial charge is 0.480 e. The van der Waals surface area contributed by atoms with Crippen LogP contribution in [0.2, 0.25) is 0 Å². The van der Waals surface area contributed by atoms with Gasteiger partial charge in [0, 0.05) is 36.0 Å². The Morgan fingerprint density at radius 2 is 1.97 bits per heavy atom. The zero-order chi connectivity index (χ0) is 25.3. The number of carbonyl (C=O) groups excluding carboxylic acids is 1. The van der Waals surface area contributed by atoms with Crippen LogP contribution >= 0.6 is 23.1 Å². The first-order chi connectivity index (χ1) is 17.5. The molecule has 4 aromatic rings. The second-order valence-electron chi connectivity index (χ2n) is 8.07. The van der Waals surface area contributed by atoms with Gasteiger partial charge in [0.25, 0.3) is 5.91 Å². The van der Waals surface area contributed by atoms with E-state index < -0.39 is 17.9 Å². The molecule has 1 amide bonds. The van der Waals surface area contributed by atoms with Gasteiger partial charge in [-0.05, 0) is 65.0 Å². The van der Waals surface area contributed by atoms with Gasteiger partial charge < -0.3 is 15.4 Å². The number of thiazole rings is 1. The maximum Gasteiger partial charge on any atom is 0.326 e. The molecule has 0 aliphatic heterocycles. The van der Waals surface area contributed by atoms with Crippen molar-refractivity contribution in [2.24, 2.45) is 0 Å². The van der Waals surface area contributed by atoms with E-state index in [1.807, 2.05) is 54.1 Å². The van der Waals surface area contributed by atoms with E-state index in [0.717, 1.165) is 33.1 Å². The summed E-state index contributed by atoms with van der Waals surface area (Å²) < 4.78 is 0. The molecule has 3 N–H and O–H groups in total. The first-order valence-electron chi connectivity index (χ1n) is 11.4. The predicted octanol–water partition coefficient (Wildman–Crippen LogP) is 5.25. The highest BCUT2D eigenvalue weighted by atomic mass is 32.2. The fourth-order valence-corrected chi connectivity index (χ4v) is 4.87.